The van der Waals surface area contributed by atoms with Crippen molar-refractivity contribution in [3.8, 4) is 0 Å². The lowest BCUT2D eigenvalue weighted by molar-refractivity contribution is 0.736. The Balaban J connectivity index is 2.30. The molecule has 2 heteroatoms. The highest BCUT2D eigenvalue weighted by Crippen LogP contribution is 2.29. The van der Waals surface area contributed by atoms with Crippen LogP contribution in [0.5, 0.6) is 0 Å². The third-order valence-corrected chi connectivity index (χ3v) is 5.31. The van der Waals surface area contributed by atoms with Crippen LogP contribution < -0.4 is 0 Å². The fraction of sp³-hybridized carbons (Fsp3) is 0.346. The number of hydrogen-bond acceptors (Lipinski definition) is 1. The summed E-state index contributed by atoms with van der Waals surface area (Å²) in [4.78, 5) is 5.05. The molecular formula is C26H32ClN. The lowest BCUT2D eigenvalue weighted by atomic mass is 9.92. The van der Waals surface area contributed by atoms with Crippen LogP contribution in [0.1, 0.15) is 63.5 Å². The highest BCUT2D eigenvalue weighted by atomic mass is 35.5. The van der Waals surface area contributed by atoms with Crippen LogP contribution in [0.3, 0.4) is 0 Å². The van der Waals surface area contributed by atoms with Crippen molar-refractivity contribution in [1.82, 2.24) is 0 Å². The number of hydrogen-bond donors (Lipinski definition) is 0. The van der Waals surface area contributed by atoms with Crippen LogP contribution in [-0.2, 0) is 0 Å². The van der Waals surface area contributed by atoms with Crippen molar-refractivity contribution < 1.29 is 0 Å². The van der Waals surface area contributed by atoms with E-state index in [-0.39, 0.29) is 0 Å². The smallest absolute Gasteiger partial charge is 0.0695 e. The predicted octanol–water partition coefficient (Wildman–Crippen LogP) is 8.64. The Labute approximate surface area is 175 Å². The van der Waals surface area contributed by atoms with Crippen LogP contribution in [-0.4, -0.2) is 5.71 Å². The Kier molecular flexibility index (Phi) is 8.26. The second kappa shape index (κ2) is 10.4. The topological polar surface area (TPSA) is 12.4 Å². The molecule has 0 bridgehead atoms. The number of aryl methyl sites for hydroxylation is 1. The number of nitrogens with zero attached hydrogens (tertiary/aromatic N) is 1. The van der Waals surface area contributed by atoms with Crippen LogP contribution in [0.4, 0.5) is 5.69 Å². The summed E-state index contributed by atoms with van der Waals surface area (Å²) in [7, 11) is 0. The average molecular weight is 394 g/mol. The van der Waals surface area contributed by atoms with Crippen molar-refractivity contribution in [2.24, 2.45) is 4.99 Å². The van der Waals surface area contributed by atoms with E-state index >= 15 is 0 Å². The van der Waals surface area contributed by atoms with E-state index in [1.54, 1.807) is 0 Å². The molecule has 0 spiro atoms. The van der Waals surface area contributed by atoms with Gasteiger partial charge in [-0.1, -0.05) is 48.0 Å². The molecule has 0 atom stereocenters. The maximum atomic E-state index is 6.17. The molecule has 0 unspecified atom stereocenters. The van der Waals surface area contributed by atoms with Crippen molar-refractivity contribution in [2.45, 2.75) is 59.3 Å². The predicted molar refractivity (Wildman–Crippen MR) is 127 cm³/mol. The van der Waals surface area contributed by atoms with Crippen molar-refractivity contribution in [2.75, 3.05) is 0 Å². The molecule has 2 rings (SSSR count). The van der Waals surface area contributed by atoms with Gasteiger partial charge in [-0.15, -0.1) is 6.58 Å². The largest absolute Gasteiger partial charge is 0.248 e. The quantitative estimate of drug-likeness (QED) is 0.226. The minimum absolute atomic E-state index is 0.864. The van der Waals surface area contributed by atoms with E-state index in [4.69, 9.17) is 16.6 Å². The molecule has 1 aromatic carbocycles. The lowest BCUT2D eigenvalue weighted by Gasteiger charge is -2.17. The summed E-state index contributed by atoms with van der Waals surface area (Å²) >= 11 is 6.17. The minimum Gasteiger partial charge on any atom is -0.248 e. The van der Waals surface area contributed by atoms with E-state index in [0.29, 0.717) is 0 Å². The Morgan fingerprint density at radius 2 is 1.75 bits per heavy atom. The van der Waals surface area contributed by atoms with Gasteiger partial charge in [0.15, 0.2) is 0 Å². The van der Waals surface area contributed by atoms with Crippen LogP contribution >= 0.6 is 11.6 Å². The summed E-state index contributed by atoms with van der Waals surface area (Å²) in [5.74, 6) is 0. The second-order valence-electron chi connectivity index (χ2n) is 7.82. The summed E-state index contributed by atoms with van der Waals surface area (Å²) in [6.07, 6.45) is 10.1. The van der Waals surface area contributed by atoms with Crippen molar-refractivity contribution >= 4 is 28.6 Å². The maximum absolute atomic E-state index is 6.17. The van der Waals surface area contributed by atoms with Gasteiger partial charge in [-0.25, -0.2) is 4.99 Å². The van der Waals surface area contributed by atoms with Crippen molar-refractivity contribution in [3.63, 3.8) is 0 Å². The van der Waals surface area contributed by atoms with E-state index in [1.807, 2.05) is 13.0 Å². The Bertz CT molecular complexity index is 864. The van der Waals surface area contributed by atoms with Crippen LogP contribution in [0.15, 0.2) is 76.8 Å². The molecule has 0 saturated carbocycles. The monoisotopic (exact) mass is 393 g/mol. The normalized spacial score (nSPS) is 14.4. The van der Waals surface area contributed by atoms with Gasteiger partial charge in [0.05, 0.1) is 11.4 Å². The molecule has 1 aliphatic carbocycles. The van der Waals surface area contributed by atoms with Crippen molar-refractivity contribution in [1.29, 1.82) is 0 Å². The van der Waals surface area contributed by atoms with E-state index < -0.39 is 0 Å². The first-order valence-electron chi connectivity index (χ1n) is 10.0. The first-order chi connectivity index (χ1) is 13.3. The van der Waals surface area contributed by atoms with Gasteiger partial charge in [0.1, 0.15) is 0 Å². The Hall–Kier alpha value is -2.12. The number of allylic oxidation sites excluding steroid dienone is 7. The molecule has 0 aliphatic heterocycles. The molecule has 148 valence electrons. The van der Waals surface area contributed by atoms with E-state index in [2.05, 4.69) is 57.9 Å². The summed E-state index contributed by atoms with van der Waals surface area (Å²) in [5, 5.41) is 0.900. The van der Waals surface area contributed by atoms with Crippen LogP contribution in [0, 0.1) is 6.92 Å². The van der Waals surface area contributed by atoms with E-state index in [0.717, 1.165) is 77.2 Å². The van der Waals surface area contributed by atoms with E-state index in [1.165, 1.54) is 11.1 Å². The third-order valence-electron chi connectivity index (χ3n) is 4.99. The SMILES string of the molecule is C=C(C)CCCCC(=C)/C(=N\c1ccc(C(=C)C)cc1C)C1=CC=C(Cl)CC1. The lowest BCUT2D eigenvalue weighted by Crippen LogP contribution is -2.08. The number of rotatable bonds is 9. The zero-order valence-electron chi connectivity index (χ0n) is 17.6. The number of unbranched alkanes of at least 4 members (excludes halogenated alkanes) is 1. The molecular weight excluding hydrogens is 362 g/mol. The highest BCUT2D eigenvalue weighted by molar-refractivity contribution is 6.30. The molecule has 1 aromatic rings. The molecule has 28 heavy (non-hydrogen) atoms. The molecule has 0 saturated heterocycles. The molecule has 0 N–H and O–H groups in total. The van der Waals surface area contributed by atoms with Gasteiger partial charge in [0.25, 0.3) is 0 Å². The van der Waals surface area contributed by atoms with Gasteiger partial charge in [0, 0.05) is 5.03 Å². The minimum atomic E-state index is 0.864. The first kappa shape index (κ1) is 22.2. The van der Waals surface area contributed by atoms with Gasteiger partial charge in [-0.2, -0.15) is 0 Å². The van der Waals surface area contributed by atoms with Gasteiger partial charge < -0.3 is 0 Å². The summed E-state index contributed by atoms with van der Waals surface area (Å²) in [6.45, 7) is 18.6. The third kappa shape index (κ3) is 6.49. The molecule has 1 aliphatic rings. The molecule has 0 radical (unpaired) electrons. The standard InChI is InChI=1S/C26H32ClN/c1-18(2)9-7-8-10-20(5)26(22-11-14-24(27)15-12-22)28-25-16-13-23(19(3)4)17-21(25)6/h11,13-14,16-17H,1,3,5,7-10,12,15H2,2,4,6H3/b28-26+. The van der Waals surface area contributed by atoms with Gasteiger partial charge >= 0.3 is 0 Å². The van der Waals surface area contributed by atoms with Gasteiger partial charge in [0.2, 0.25) is 0 Å². The Morgan fingerprint density at radius 3 is 2.32 bits per heavy atom. The van der Waals surface area contributed by atoms with Gasteiger partial charge in [-0.05, 0) is 99.8 Å². The number of aliphatic imine (C=N–C) groups is 1. The fourth-order valence-corrected chi connectivity index (χ4v) is 3.39. The van der Waals surface area contributed by atoms with Crippen molar-refractivity contribution in [3.05, 3.63) is 83.0 Å². The average Bonchev–Trinajstić information content (AvgIpc) is 2.64. The summed E-state index contributed by atoms with van der Waals surface area (Å²) < 4.78 is 0. The summed E-state index contributed by atoms with van der Waals surface area (Å²) in [5.41, 5.74) is 8.94. The Morgan fingerprint density at radius 1 is 1.04 bits per heavy atom. The highest BCUT2D eigenvalue weighted by Gasteiger charge is 2.15. The molecule has 0 amide bonds. The number of halogens is 1. The van der Waals surface area contributed by atoms with Crippen LogP contribution in [0.2, 0.25) is 0 Å². The molecule has 1 nitrogen and oxygen atoms in total. The number of benzene rings is 1. The fourth-order valence-electron chi connectivity index (χ4n) is 3.24. The summed E-state index contributed by atoms with van der Waals surface area (Å²) in [6, 6.07) is 6.33. The van der Waals surface area contributed by atoms with Crippen LogP contribution in [0.25, 0.3) is 5.57 Å². The zero-order valence-corrected chi connectivity index (χ0v) is 18.3. The molecule has 0 aromatic heterocycles. The maximum Gasteiger partial charge on any atom is 0.0695 e. The molecule has 0 heterocycles. The second-order valence-corrected chi connectivity index (χ2v) is 8.30. The zero-order chi connectivity index (χ0) is 20.7. The van der Waals surface area contributed by atoms with E-state index in [9.17, 15) is 0 Å². The van der Waals surface area contributed by atoms with Gasteiger partial charge in [-0.3, -0.25) is 0 Å². The first-order valence-corrected chi connectivity index (χ1v) is 10.4. The molecule has 0 fully saturated rings.